The minimum atomic E-state index is 0.320. The van der Waals surface area contributed by atoms with Crippen LogP contribution in [0.15, 0.2) is 55.9 Å². The summed E-state index contributed by atoms with van der Waals surface area (Å²) in [6, 6.07) is 14.0. The second-order valence-corrected chi connectivity index (χ2v) is 6.53. The Hall–Kier alpha value is -1.59. The summed E-state index contributed by atoms with van der Waals surface area (Å²) < 4.78 is 7.13. The highest BCUT2D eigenvalue weighted by atomic mass is 79.9. The molecule has 3 nitrogen and oxygen atoms in total. The van der Waals surface area contributed by atoms with Crippen molar-refractivity contribution in [3.05, 3.63) is 57.0 Å². The quantitative estimate of drug-likeness (QED) is 0.616. The highest BCUT2D eigenvalue weighted by molar-refractivity contribution is 9.11. The molecule has 0 aliphatic heterocycles. The van der Waals surface area contributed by atoms with Gasteiger partial charge in [0.15, 0.2) is 0 Å². The lowest BCUT2D eigenvalue weighted by atomic mass is 10.00. The van der Waals surface area contributed by atoms with E-state index in [0.29, 0.717) is 5.88 Å². The molecular weight excluding hydrogens is 396 g/mol. The number of rotatable bonds is 2. The zero-order valence-corrected chi connectivity index (χ0v) is 14.4. The van der Waals surface area contributed by atoms with E-state index in [9.17, 15) is 0 Å². The van der Waals surface area contributed by atoms with Crippen LogP contribution in [-0.2, 0) is 0 Å². The van der Waals surface area contributed by atoms with Gasteiger partial charge in [-0.25, -0.2) is 0 Å². The number of benzene rings is 2. The van der Waals surface area contributed by atoms with Crippen molar-refractivity contribution in [2.45, 2.75) is 6.92 Å². The number of halogens is 2. The number of aromatic nitrogens is 1. The molecule has 1 heterocycles. The average molecular weight is 408 g/mol. The van der Waals surface area contributed by atoms with Crippen LogP contribution in [0, 0.1) is 6.92 Å². The van der Waals surface area contributed by atoms with Crippen molar-refractivity contribution in [1.82, 2.24) is 5.16 Å². The zero-order chi connectivity index (χ0) is 15.0. The van der Waals surface area contributed by atoms with Gasteiger partial charge in [-0.3, -0.25) is 0 Å². The van der Waals surface area contributed by atoms with Crippen molar-refractivity contribution in [2.75, 3.05) is 5.73 Å². The van der Waals surface area contributed by atoms with E-state index >= 15 is 0 Å². The molecule has 5 heteroatoms. The molecule has 0 aliphatic carbocycles. The second kappa shape index (κ2) is 5.66. The minimum Gasteiger partial charge on any atom is -0.367 e. The van der Waals surface area contributed by atoms with Crippen molar-refractivity contribution in [1.29, 1.82) is 0 Å². The van der Waals surface area contributed by atoms with Gasteiger partial charge >= 0.3 is 0 Å². The molecule has 0 aliphatic rings. The van der Waals surface area contributed by atoms with E-state index < -0.39 is 0 Å². The average Bonchev–Trinajstić information content (AvgIpc) is 2.84. The summed E-state index contributed by atoms with van der Waals surface area (Å²) in [5, 5.41) is 4.14. The van der Waals surface area contributed by atoms with Crippen LogP contribution in [0.3, 0.4) is 0 Å². The topological polar surface area (TPSA) is 52.0 Å². The molecule has 0 amide bonds. The number of anilines is 1. The van der Waals surface area contributed by atoms with Crippen molar-refractivity contribution < 1.29 is 4.52 Å². The van der Waals surface area contributed by atoms with Crippen LogP contribution in [0.25, 0.3) is 22.4 Å². The van der Waals surface area contributed by atoms with Crippen molar-refractivity contribution in [3.63, 3.8) is 0 Å². The summed E-state index contributed by atoms with van der Waals surface area (Å²) in [4.78, 5) is 0. The number of hydrogen-bond donors (Lipinski definition) is 1. The smallest absolute Gasteiger partial charge is 0.230 e. The fraction of sp³-hybridized carbons (Fsp3) is 0.0625. The van der Waals surface area contributed by atoms with Gasteiger partial charge in [-0.2, -0.15) is 0 Å². The van der Waals surface area contributed by atoms with Gasteiger partial charge in [0.25, 0.3) is 0 Å². The Balaban J connectivity index is 2.21. The van der Waals surface area contributed by atoms with Gasteiger partial charge < -0.3 is 10.3 Å². The SMILES string of the molecule is Cc1ccc(-c2c(-c3cc(Br)ccc3Br)noc2N)cc1. The lowest BCUT2D eigenvalue weighted by molar-refractivity contribution is 0.439. The van der Waals surface area contributed by atoms with E-state index in [1.807, 2.05) is 49.4 Å². The highest BCUT2D eigenvalue weighted by Crippen LogP contribution is 2.40. The largest absolute Gasteiger partial charge is 0.367 e. The minimum absolute atomic E-state index is 0.320. The van der Waals surface area contributed by atoms with Crippen molar-refractivity contribution in [2.24, 2.45) is 0 Å². The number of nitrogens with two attached hydrogens (primary N) is 1. The van der Waals surface area contributed by atoms with Gasteiger partial charge in [0.05, 0.1) is 5.56 Å². The van der Waals surface area contributed by atoms with Crippen LogP contribution in [0.1, 0.15) is 5.56 Å². The first-order chi connectivity index (χ1) is 10.1. The van der Waals surface area contributed by atoms with Crippen LogP contribution in [0.4, 0.5) is 5.88 Å². The Morgan fingerprint density at radius 3 is 2.48 bits per heavy atom. The fourth-order valence-corrected chi connectivity index (χ4v) is 2.96. The fourth-order valence-electron chi connectivity index (χ4n) is 2.16. The van der Waals surface area contributed by atoms with Crippen LogP contribution < -0.4 is 5.73 Å². The molecular formula is C16H12Br2N2O. The van der Waals surface area contributed by atoms with Crippen LogP contribution in [-0.4, -0.2) is 5.16 Å². The maximum absolute atomic E-state index is 5.98. The predicted molar refractivity (Wildman–Crippen MR) is 91.9 cm³/mol. The van der Waals surface area contributed by atoms with Gasteiger partial charge in [-0.15, -0.1) is 0 Å². The monoisotopic (exact) mass is 406 g/mol. The van der Waals surface area contributed by atoms with E-state index in [-0.39, 0.29) is 0 Å². The van der Waals surface area contributed by atoms with E-state index in [1.54, 1.807) is 0 Å². The van der Waals surface area contributed by atoms with Gasteiger partial charge in [0.2, 0.25) is 5.88 Å². The number of hydrogen-bond acceptors (Lipinski definition) is 3. The summed E-state index contributed by atoms with van der Waals surface area (Å²) in [7, 11) is 0. The molecule has 106 valence electrons. The maximum atomic E-state index is 5.98. The third kappa shape index (κ3) is 2.76. The van der Waals surface area contributed by atoms with E-state index in [1.165, 1.54) is 5.56 Å². The van der Waals surface area contributed by atoms with Crippen LogP contribution >= 0.6 is 31.9 Å². The maximum Gasteiger partial charge on any atom is 0.230 e. The first-order valence-electron chi connectivity index (χ1n) is 6.34. The molecule has 3 rings (SSSR count). The normalized spacial score (nSPS) is 10.8. The molecule has 21 heavy (non-hydrogen) atoms. The summed E-state index contributed by atoms with van der Waals surface area (Å²) in [6.45, 7) is 2.05. The van der Waals surface area contributed by atoms with E-state index in [2.05, 4.69) is 37.0 Å². The summed E-state index contributed by atoms with van der Waals surface area (Å²) in [6.07, 6.45) is 0. The summed E-state index contributed by atoms with van der Waals surface area (Å²) >= 11 is 7.03. The number of nitrogens with zero attached hydrogens (tertiary/aromatic N) is 1. The van der Waals surface area contributed by atoms with Gasteiger partial charge in [-0.05, 0) is 30.7 Å². The van der Waals surface area contributed by atoms with Gasteiger partial charge in [-0.1, -0.05) is 66.8 Å². The standard InChI is InChI=1S/C16H12Br2N2O/c1-9-2-4-10(5-3-9)14-15(20-21-16(14)19)12-8-11(17)6-7-13(12)18/h2-8H,19H2,1H3. The number of aryl methyl sites for hydroxylation is 1. The molecule has 3 aromatic rings. The Morgan fingerprint density at radius 1 is 1.05 bits per heavy atom. The molecule has 2 N–H and O–H groups in total. The highest BCUT2D eigenvalue weighted by Gasteiger charge is 2.19. The Labute approximate surface area is 139 Å². The van der Waals surface area contributed by atoms with E-state index in [0.717, 1.165) is 31.3 Å². The first-order valence-corrected chi connectivity index (χ1v) is 7.92. The number of nitrogen functional groups attached to an aromatic ring is 1. The zero-order valence-electron chi connectivity index (χ0n) is 11.2. The lowest BCUT2D eigenvalue weighted by Gasteiger charge is -2.06. The van der Waals surface area contributed by atoms with Gasteiger partial charge in [0.1, 0.15) is 5.69 Å². The molecule has 0 fully saturated rings. The third-order valence-corrected chi connectivity index (χ3v) is 4.43. The Bertz CT molecular complexity index is 795. The molecule has 0 spiro atoms. The molecule has 0 saturated carbocycles. The van der Waals surface area contributed by atoms with Crippen molar-refractivity contribution in [3.8, 4) is 22.4 Å². The van der Waals surface area contributed by atoms with Crippen LogP contribution in [0.5, 0.6) is 0 Å². The second-order valence-electron chi connectivity index (χ2n) is 4.76. The molecule has 0 atom stereocenters. The first kappa shape index (κ1) is 14.4. The van der Waals surface area contributed by atoms with Crippen LogP contribution in [0.2, 0.25) is 0 Å². The predicted octanol–water partition coefficient (Wildman–Crippen LogP) is 5.42. The lowest BCUT2D eigenvalue weighted by Crippen LogP contribution is -1.89. The molecule has 0 unspecified atom stereocenters. The Kier molecular flexibility index (Phi) is 3.87. The van der Waals surface area contributed by atoms with Crippen molar-refractivity contribution >= 4 is 37.7 Å². The molecule has 0 bridgehead atoms. The molecule has 1 aromatic heterocycles. The summed E-state index contributed by atoms with van der Waals surface area (Å²) in [5.41, 5.74) is 10.6. The van der Waals surface area contributed by atoms with E-state index in [4.69, 9.17) is 10.3 Å². The Morgan fingerprint density at radius 2 is 1.76 bits per heavy atom. The molecule has 2 aromatic carbocycles. The molecule has 0 radical (unpaired) electrons. The van der Waals surface area contributed by atoms with Gasteiger partial charge in [0, 0.05) is 14.5 Å². The third-order valence-electron chi connectivity index (χ3n) is 3.24. The summed E-state index contributed by atoms with van der Waals surface area (Å²) in [5.74, 6) is 0.320. The molecule has 0 saturated heterocycles.